The fourth-order valence-corrected chi connectivity index (χ4v) is 3.73. The maximum atomic E-state index is 14.2. The van der Waals surface area contributed by atoms with Gasteiger partial charge in [-0.1, -0.05) is 12.1 Å². The van der Waals surface area contributed by atoms with Crippen molar-refractivity contribution >= 4 is 5.82 Å². The molecule has 5 nitrogen and oxygen atoms in total. The molecule has 150 valence electrons. The second-order valence-corrected chi connectivity index (χ2v) is 7.03. The average Bonchev–Trinajstić information content (AvgIpc) is 3.17. The molecule has 29 heavy (non-hydrogen) atoms. The van der Waals surface area contributed by atoms with E-state index in [2.05, 4.69) is 4.98 Å². The van der Waals surface area contributed by atoms with Crippen LogP contribution in [0.4, 0.5) is 19.0 Å². The Morgan fingerprint density at radius 1 is 0.966 bits per heavy atom. The van der Waals surface area contributed by atoms with E-state index < -0.39 is 34.7 Å². The molecule has 8 heteroatoms. The Labute approximate surface area is 164 Å². The predicted molar refractivity (Wildman–Crippen MR) is 103 cm³/mol. The summed E-state index contributed by atoms with van der Waals surface area (Å²) in [5, 5.41) is 0. The number of hydrogen-bond acceptors (Lipinski definition) is 3. The van der Waals surface area contributed by atoms with E-state index in [0.29, 0.717) is 24.9 Å². The number of H-pyrrole nitrogens is 1. The zero-order valence-corrected chi connectivity index (χ0v) is 15.4. The average molecular weight is 401 g/mol. The molecule has 2 heterocycles. The first-order valence-corrected chi connectivity index (χ1v) is 9.22. The molecule has 1 saturated heterocycles. The van der Waals surface area contributed by atoms with E-state index in [4.69, 9.17) is 0 Å². The van der Waals surface area contributed by atoms with Crippen LogP contribution in [0.5, 0.6) is 0 Å². The molecule has 1 atom stereocenters. The first-order valence-electron chi connectivity index (χ1n) is 9.22. The molecular formula is C21H18F3N3O2. The molecule has 4 rings (SSSR count). The van der Waals surface area contributed by atoms with Gasteiger partial charge in [0, 0.05) is 18.2 Å². The standard InChI is InChI=1S/C21H18F3N3O2/c22-14-5-3-13(4-6-14)12-27-20(28)11-19(25-21(27)29)26-9-1-2-18(26)16-10-15(23)7-8-17(16)24/h3-8,10-11,18H,1-2,9,12H2,(H,25,29). The van der Waals surface area contributed by atoms with Gasteiger partial charge in [0.05, 0.1) is 12.6 Å². The van der Waals surface area contributed by atoms with E-state index in [0.717, 1.165) is 22.8 Å². The SMILES string of the molecule is O=c1cc(N2CCCC2c2cc(F)ccc2F)[nH]c(=O)n1Cc1ccc(F)cc1. The molecule has 0 radical (unpaired) electrons. The Morgan fingerprint density at radius 3 is 2.41 bits per heavy atom. The quantitative estimate of drug-likeness (QED) is 0.730. The van der Waals surface area contributed by atoms with Crippen LogP contribution in [0.2, 0.25) is 0 Å². The number of aromatic amines is 1. The zero-order valence-electron chi connectivity index (χ0n) is 15.4. The van der Waals surface area contributed by atoms with Crippen LogP contribution < -0.4 is 16.1 Å². The van der Waals surface area contributed by atoms with Gasteiger partial charge in [0.15, 0.2) is 0 Å². The topological polar surface area (TPSA) is 58.1 Å². The fourth-order valence-electron chi connectivity index (χ4n) is 3.73. The molecule has 1 aliphatic heterocycles. The molecule has 0 spiro atoms. The second kappa shape index (κ2) is 7.62. The van der Waals surface area contributed by atoms with Crippen molar-refractivity contribution in [3.8, 4) is 0 Å². The van der Waals surface area contributed by atoms with Crippen LogP contribution in [-0.2, 0) is 6.54 Å². The number of anilines is 1. The third-order valence-corrected chi connectivity index (χ3v) is 5.14. The van der Waals surface area contributed by atoms with Crippen LogP contribution in [0.3, 0.4) is 0 Å². The van der Waals surface area contributed by atoms with Crippen LogP contribution in [0.15, 0.2) is 58.1 Å². The molecule has 0 bridgehead atoms. The summed E-state index contributed by atoms with van der Waals surface area (Å²) in [5.41, 5.74) is -0.355. The highest BCUT2D eigenvalue weighted by atomic mass is 19.1. The van der Waals surface area contributed by atoms with Gasteiger partial charge in [0.2, 0.25) is 0 Å². The van der Waals surface area contributed by atoms with E-state index in [1.807, 2.05) is 0 Å². The van der Waals surface area contributed by atoms with Crippen molar-refractivity contribution in [2.75, 3.05) is 11.4 Å². The van der Waals surface area contributed by atoms with Gasteiger partial charge in [-0.15, -0.1) is 0 Å². The maximum Gasteiger partial charge on any atom is 0.330 e. The summed E-state index contributed by atoms with van der Waals surface area (Å²) in [7, 11) is 0. The maximum absolute atomic E-state index is 14.2. The van der Waals surface area contributed by atoms with Gasteiger partial charge >= 0.3 is 5.69 Å². The summed E-state index contributed by atoms with van der Waals surface area (Å²) in [4.78, 5) is 29.5. The normalized spacial score (nSPS) is 16.4. The summed E-state index contributed by atoms with van der Waals surface area (Å²) >= 11 is 0. The van der Waals surface area contributed by atoms with Gasteiger partial charge in [-0.25, -0.2) is 18.0 Å². The summed E-state index contributed by atoms with van der Waals surface area (Å²) in [6.45, 7) is 0.495. The molecule has 1 aliphatic rings. The van der Waals surface area contributed by atoms with Crippen molar-refractivity contribution in [2.24, 2.45) is 0 Å². The van der Waals surface area contributed by atoms with Crippen LogP contribution in [-0.4, -0.2) is 16.1 Å². The number of halogens is 3. The summed E-state index contributed by atoms with van der Waals surface area (Å²) in [5.74, 6) is -1.22. The zero-order chi connectivity index (χ0) is 20.5. The van der Waals surface area contributed by atoms with Gasteiger partial charge < -0.3 is 4.90 Å². The Hall–Kier alpha value is -3.29. The highest BCUT2D eigenvalue weighted by molar-refractivity contribution is 5.43. The largest absolute Gasteiger partial charge is 0.351 e. The van der Waals surface area contributed by atoms with Crippen molar-refractivity contribution < 1.29 is 13.2 Å². The third kappa shape index (κ3) is 3.83. The second-order valence-electron chi connectivity index (χ2n) is 7.03. The van der Waals surface area contributed by atoms with E-state index in [1.165, 1.54) is 30.3 Å². The van der Waals surface area contributed by atoms with E-state index in [1.54, 1.807) is 4.90 Å². The lowest BCUT2D eigenvalue weighted by Crippen LogP contribution is -2.37. The van der Waals surface area contributed by atoms with Gasteiger partial charge in [-0.05, 0) is 48.7 Å². The molecule has 1 unspecified atom stereocenters. The Morgan fingerprint density at radius 2 is 1.69 bits per heavy atom. The number of hydrogen-bond donors (Lipinski definition) is 1. The van der Waals surface area contributed by atoms with Crippen molar-refractivity contribution in [3.05, 3.63) is 97.9 Å². The number of nitrogens with zero attached hydrogens (tertiary/aromatic N) is 2. The molecule has 2 aromatic carbocycles. The Bertz CT molecular complexity index is 1120. The number of nitrogens with one attached hydrogen (secondary N) is 1. The van der Waals surface area contributed by atoms with Crippen LogP contribution in [0.25, 0.3) is 0 Å². The van der Waals surface area contributed by atoms with Crippen LogP contribution >= 0.6 is 0 Å². The van der Waals surface area contributed by atoms with Gasteiger partial charge in [-0.2, -0.15) is 0 Å². The van der Waals surface area contributed by atoms with Crippen molar-refractivity contribution in [2.45, 2.75) is 25.4 Å². The van der Waals surface area contributed by atoms with Crippen molar-refractivity contribution in [1.29, 1.82) is 0 Å². The third-order valence-electron chi connectivity index (χ3n) is 5.14. The highest BCUT2D eigenvalue weighted by Gasteiger charge is 2.30. The lowest BCUT2D eigenvalue weighted by molar-refractivity contribution is 0.559. The van der Waals surface area contributed by atoms with Gasteiger partial charge in [0.1, 0.15) is 23.3 Å². The number of aromatic nitrogens is 2. The first-order chi connectivity index (χ1) is 13.9. The predicted octanol–water partition coefficient (Wildman–Crippen LogP) is 3.34. The van der Waals surface area contributed by atoms with E-state index in [9.17, 15) is 22.8 Å². The van der Waals surface area contributed by atoms with Gasteiger partial charge in [-0.3, -0.25) is 14.3 Å². The highest BCUT2D eigenvalue weighted by Crippen LogP contribution is 2.35. The lowest BCUT2D eigenvalue weighted by atomic mass is 10.0. The summed E-state index contributed by atoms with van der Waals surface area (Å²) in [6.07, 6.45) is 1.28. The molecule has 0 amide bonds. The van der Waals surface area contributed by atoms with Crippen molar-refractivity contribution in [3.63, 3.8) is 0 Å². The number of benzene rings is 2. The smallest absolute Gasteiger partial charge is 0.330 e. The fraction of sp³-hybridized carbons (Fsp3) is 0.238. The molecule has 0 saturated carbocycles. The van der Waals surface area contributed by atoms with E-state index in [-0.39, 0.29) is 17.9 Å². The molecular weight excluding hydrogens is 383 g/mol. The molecule has 1 N–H and O–H groups in total. The molecule has 0 aliphatic carbocycles. The van der Waals surface area contributed by atoms with Crippen LogP contribution in [0, 0.1) is 17.5 Å². The lowest BCUT2D eigenvalue weighted by Gasteiger charge is -2.27. The Kier molecular flexibility index (Phi) is 5.00. The van der Waals surface area contributed by atoms with E-state index >= 15 is 0 Å². The first kappa shape index (κ1) is 19.0. The minimum absolute atomic E-state index is 0.00329. The van der Waals surface area contributed by atoms with Crippen molar-refractivity contribution in [1.82, 2.24) is 9.55 Å². The van der Waals surface area contributed by atoms with Crippen LogP contribution in [0.1, 0.15) is 30.0 Å². The summed E-state index contributed by atoms with van der Waals surface area (Å²) in [6, 6.07) is 9.58. The molecule has 1 fully saturated rings. The Balaban J connectivity index is 1.67. The molecule has 1 aromatic heterocycles. The summed E-state index contributed by atoms with van der Waals surface area (Å²) < 4.78 is 41.9. The number of rotatable bonds is 4. The molecule has 3 aromatic rings. The minimum Gasteiger partial charge on any atom is -0.351 e. The minimum atomic E-state index is -0.623. The van der Waals surface area contributed by atoms with Gasteiger partial charge in [0.25, 0.3) is 5.56 Å². The monoisotopic (exact) mass is 401 g/mol.